The number of hydrogen-bond donors (Lipinski definition) is 0. The van der Waals surface area contributed by atoms with E-state index in [9.17, 15) is 0 Å². The third kappa shape index (κ3) is 6.93. The van der Waals surface area contributed by atoms with Crippen molar-refractivity contribution >= 4 is 16.2 Å². The molecule has 0 aromatic carbocycles. The first kappa shape index (κ1) is 21.8. The van der Waals surface area contributed by atoms with E-state index in [1.165, 1.54) is 0 Å². The van der Waals surface area contributed by atoms with E-state index in [2.05, 4.69) is 11.8 Å². The number of ether oxygens (including phenoxy) is 4. The first-order chi connectivity index (χ1) is 11.6. The molecule has 1 rings (SSSR count). The first-order valence-electron chi connectivity index (χ1n) is 8.22. The van der Waals surface area contributed by atoms with Crippen molar-refractivity contribution in [2.45, 2.75) is 43.8 Å². The molecule has 0 aliphatic carbocycles. The zero-order valence-corrected chi connectivity index (χ0v) is 16.2. The Morgan fingerprint density at radius 3 is 2.46 bits per heavy atom. The zero-order chi connectivity index (χ0) is 17.9. The summed E-state index contributed by atoms with van der Waals surface area (Å²) in [5.74, 6) is 0. The summed E-state index contributed by atoms with van der Waals surface area (Å²) in [7, 11) is 4.18. The third-order valence-electron chi connectivity index (χ3n) is 3.75. The van der Waals surface area contributed by atoms with E-state index in [1.807, 2.05) is 14.5 Å². The van der Waals surface area contributed by atoms with Gasteiger partial charge in [-0.05, 0) is 6.42 Å². The molecule has 0 N–H and O–H groups in total. The molecule has 0 bridgehead atoms. The van der Waals surface area contributed by atoms with Crippen LogP contribution in [0.5, 0.6) is 0 Å². The van der Waals surface area contributed by atoms with Gasteiger partial charge in [-0.25, -0.2) is 6.57 Å². The molecular weight excluding hydrogens is 332 g/mol. The van der Waals surface area contributed by atoms with Crippen LogP contribution in [0.15, 0.2) is 0 Å². The summed E-state index contributed by atoms with van der Waals surface area (Å²) < 4.78 is 34.3. The van der Waals surface area contributed by atoms with Crippen molar-refractivity contribution in [3.05, 3.63) is 11.4 Å². The van der Waals surface area contributed by atoms with Crippen LogP contribution >= 0.6 is 8.38 Å². The van der Waals surface area contributed by atoms with E-state index < -0.39 is 8.38 Å². The first-order valence-corrected chi connectivity index (χ1v) is 9.85. The van der Waals surface area contributed by atoms with Crippen molar-refractivity contribution in [2.24, 2.45) is 0 Å². The molecule has 0 radical (unpaired) electrons. The second-order valence-corrected chi connectivity index (χ2v) is 6.99. The lowest BCUT2D eigenvalue weighted by atomic mass is 9.92. The maximum atomic E-state index is 6.79. The molecule has 0 aromatic rings. The molecule has 1 fully saturated rings. The lowest BCUT2D eigenvalue weighted by Crippen LogP contribution is -2.42. The fourth-order valence-corrected chi connectivity index (χ4v) is 3.69. The van der Waals surface area contributed by atoms with Gasteiger partial charge in [0, 0.05) is 20.9 Å². The van der Waals surface area contributed by atoms with Crippen LogP contribution in [-0.4, -0.2) is 85.5 Å². The van der Waals surface area contributed by atoms with Crippen LogP contribution in [0, 0.1) is 6.57 Å². The highest BCUT2D eigenvalue weighted by Gasteiger charge is 2.45. The number of methoxy groups -OCH3 is 2. The summed E-state index contributed by atoms with van der Waals surface area (Å²) in [6.07, 6.45) is 0.207. The van der Waals surface area contributed by atoms with Crippen LogP contribution < -0.4 is 0 Å². The summed E-state index contributed by atoms with van der Waals surface area (Å²) in [4.78, 5) is 3.28. The van der Waals surface area contributed by atoms with Crippen molar-refractivity contribution in [1.29, 1.82) is 0 Å². The van der Waals surface area contributed by atoms with Crippen molar-refractivity contribution in [1.82, 2.24) is 0 Å². The standard InChI is InChI=1S/C15H29BNO6P/c1-6-12-13(23-24(5)20-8-7-17-2)14(15(16)22-12)21-11(9-18-3)10-19-4/h11-15H,6-10,16H2,1,3-5H3/t12-,13?,14+,15-,24?/m1/s1. The van der Waals surface area contributed by atoms with Gasteiger partial charge in [0.2, 0.25) is 6.54 Å². The van der Waals surface area contributed by atoms with Gasteiger partial charge < -0.3 is 32.8 Å². The van der Waals surface area contributed by atoms with E-state index >= 15 is 0 Å². The van der Waals surface area contributed by atoms with Gasteiger partial charge >= 0.3 is 0 Å². The maximum Gasteiger partial charge on any atom is 0.238 e. The predicted octanol–water partition coefficient (Wildman–Crippen LogP) is 1.06. The topological polar surface area (TPSA) is 59.7 Å². The molecule has 0 amide bonds. The van der Waals surface area contributed by atoms with Crippen LogP contribution in [0.3, 0.4) is 0 Å². The molecule has 7 nitrogen and oxygen atoms in total. The fourth-order valence-electron chi connectivity index (χ4n) is 2.69. The van der Waals surface area contributed by atoms with Crippen molar-refractivity contribution in [3.63, 3.8) is 0 Å². The fraction of sp³-hybridized carbons (Fsp3) is 0.933. The molecule has 2 unspecified atom stereocenters. The molecule has 9 heteroatoms. The maximum absolute atomic E-state index is 6.79. The highest BCUT2D eigenvalue weighted by atomic mass is 31.2. The Balaban J connectivity index is 2.69. The highest BCUT2D eigenvalue weighted by Crippen LogP contribution is 2.41. The minimum absolute atomic E-state index is 0.0369. The van der Waals surface area contributed by atoms with Crippen LogP contribution in [0.4, 0.5) is 0 Å². The van der Waals surface area contributed by atoms with E-state index in [0.717, 1.165) is 6.42 Å². The van der Waals surface area contributed by atoms with E-state index in [4.69, 9.17) is 34.6 Å². The quantitative estimate of drug-likeness (QED) is 0.224. The summed E-state index contributed by atoms with van der Waals surface area (Å²) in [6.45, 7) is 12.4. The molecule has 1 saturated heterocycles. The average molecular weight is 361 g/mol. The lowest BCUT2D eigenvalue weighted by molar-refractivity contribution is -0.103. The molecule has 1 heterocycles. The summed E-state index contributed by atoms with van der Waals surface area (Å²) in [6, 6.07) is -0.0807. The van der Waals surface area contributed by atoms with Gasteiger partial charge in [0.05, 0.1) is 25.3 Å². The van der Waals surface area contributed by atoms with Gasteiger partial charge in [-0.3, -0.25) is 0 Å². The molecule has 5 atom stereocenters. The zero-order valence-electron chi connectivity index (χ0n) is 15.3. The van der Waals surface area contributed by atoms with Crippen LogP contribution in [0.1, 0.15) is 13.3 Å². The second-order valence-electron chi connectivity index (χ2n) is 5.65. The van der Waals surface area contributed by atoms with Crippen LogP contribution in [0.25, 0.3) is 4.85 Å². The molecule has 0 saturated carbocycles. The Labute approximate surface area is 147 Å². The molecule has 24 heavy (non-hydrogen) atoms. The minimum Gasteiger partial charge on any atom is -0.382 e. The van der Waals surface area contributed by atoms with Crippen molar-refractivity contribution < 1.29 is 28.0 Å². The Morgan fingerprint density at radius 1 is 1.25 bits per heavy atom. The van der Waals surface area contributed by atoms with Gasteiger partial charge in [-0.1, -0.05) is 6.92 Å². The lowest BCUT2D eigenvalue weighted by Gasteiger charge is -2.29. The molecule has 1 aliphatic heterocycles. The number of nitrogens with zero attached hydrogens (tertiary/aromatic N) is 1. The van der Waals surface area contributed by atoms with Crippen molar-refractivity contribution in [2.75, 3.05) is 47.2 Å². The van der Waals surface area contributed by atoms with Gasteiger partial charge in [-0.15, -0.1) is 0 Å². The van der Waals surface area contributed by atoms with Gasteiger partial charge in [0.25, 0.3) is 0 Å². The molecule has 0 spiro atoms. The SMILES string of the molecule is B[C@@H]1O[C@H](CC)C(OP(C)OCC[N+]#[C-])[C@@H]1OC(COC)COC. The van der Waals surface area contributed by atoms with Gasteiger partial charge in [0.1, 0.15) is 32.8 Å². The monoisotopic (exact) mass is 361 g/mol. The second kappa shape index (κ2) is 12.2. The van der Waals surface area contributed by atoms with E-state index in [1.54, 1.807) is 14.2 Å². The minimum atomic E-state index is -1.09. The molecular formula is C15H29BNO6P. The van der Waals surface area contributed by atoms with Gasteiger partial charge in [0.15, 0.2) is 8.38 Å². The van der Waals surface area contributed by atoms with Crippen LogP contribution in [-0.2, 0) is 28.0 Å². The third-order valence-corrected chi connectivity index (χ3v) is 4.83. The van der Waals surface area contributed by atoms with E-state index in [-0.39, 0.29) is 30.4 Å². The molecule has 138 valence electrons. The Morgan fingerprint density at radius 2 is 1.92 bits per heavy atom. The summed E-state index contributed by atoms with van der Waals surface area (Å²) in [5.41, 5.74) is 0. The molecule has 1 aliphatic rings. The average Bonchev–Trinajstić information content (AvgIpc) is 2.84. The molecule has 0 aromatic heterocycles. The number of rotatable bonds is 12. The Bertz CT molecular complexity index is 379. The van der Waals surface area contributed by atoms with Crippen molar-refractivity contribution in [3.8, 4) is 0 Å². The number of hydrogen-bond acceptors (Lipinski definition) is 6. The predicted molar refractivity (Wildman–Crippen MR) is 95.0 cm³/mol. The smallest absolute Gasteiger partial charge is 0.238 e. The highest BCUT2D eigenvalue weighted by molar-refractivity contribution is 7.46. The van der Waals surface area contributed by atoms with E-state index in [0.29, 0.717) is 26.4 Å². The normalized spacial score (nSPS) is 28.2. The Kier molecular flexibility index (Phi) is 11.0. The van der Waals surface area contributed by atoms with Crippen LogP contribution in [0.2, 0.25) is 0 Å². The summed E-state index contributed by atoms with van der Waals surface area (Å²) in [5, 5.41) is 0. The largest absolute Gasteiger partial charge is 0.382 e. The Hall–Kier alpha value is -0.255. The van der Waals surface area contributed by atoms with Gasteiger partial charge in [-0.2, -0.15) is 0 Å². The summed E-state index contributed by atoms with van der Waals surface area (Å²) >= 11 is 0.